The molecule has 2 saturated heterocycles. The van der Waals surface area contributed by atoms with E-state index in [0.717, 1.165) is 37.4 Å². The van der Waals surface area contributed by atoms with E-state index >= 15 is 0 Å². The van der Waals surface area contributed by atoms with Crippen molar-refractivity contribution < 1.29 is 14.1 Å². The minimum absolute atomic E-state index is 0.00698. The molecule has 1 aromatic rings. The second-order valence-corrected chi connectivity index (χ2v) is 7.20. The van der Waals surface area contributed by atoms with Crippen LogP contribution in [0.1, 0.15) is 49.6 Å². The van der Waals surface area contributed by atoms with E-state index in [1.165, 1.54) is 12.8 Å². The van der Waals surface area contributed by atoms with Crippen LogP contribution in [0, 0.1) is 18.8 Å². The number of nitrogens with zero attached hydrogens (tertiary/aromatic N) is 3. The maximum atomic E-state index is 12.9. The van der Waals surface area contributed by atoms with Gasteiger partial charge in [-0.15, -0.1) is 0 Å². The summed E-state index contributed by atoms with van der Waals surface area (Å²) in [4.78, 5) is 28.9. The molecule has 2 atom stereocenters. The molecule has 2 unspecified atom stereocenters. The van der Waals surface area contributed by atoms with Crippen molar-refractivity contribution in [1.82, 2.24) is 15.0 Å². The third-order valence-electron chi connectivity index (χ3n) is 5.26. The van der Waals surface area contributed by atoms with Crippen molar-refractivity contribution in [3.05, 3.63) is 17.5 Å². The standard InChI is InChI=1S/C17H23N3O3/c1-11-7-14(18-23-11)15-3-2-6-20(15)17(22)13-8-16(21)19(10-13)9-12-4-5-12/h7,12-13,15H,2-6,8-10H2,1H3. The van der Waals surface area contributed by atoms with Crippen LogP contribution < -0.4 is 0 Å². The molecule has 1 saturated carbocycles. The third-order valence-corrected chi connectivity index (χ3v) is 5.26. The van der Waals surface area contributed by atoms with Gasteiger partial charge in [0.05, 0.1) is 12.0 Å². The quantitative estimate of drug-likeness (QED) is 0.851. The molecule has 6 heteroatoms. The largest absolute Gasteiger partial charge is 0.361 e. The normalized spacial score (nSPS) is 28.0. The molecule has 124 valence electrons. The lowest BCUT2D eigenvalue weighted by atomic mass is 10.1. The Hall–Kier alpha value is -1.85. The van der Waals surface area contributed by atoms with Crippen molar-refractivity contribution in [2.24, 2.45) is 11.8 Å². The highest BCUT2D eigenvalue weighted by atomic mass is 16.5. The van der Waals surface area contributed by atoms with Gasteiger partial charge in [-0.25, -0.2) is 0 Å². The van der Waals surface area contributed by atoms with E-state index in [1.807, 2.05) is 22.8 Å². The molecule has 0 aromatic carbocycles. The lowest BCUT2D eigenvalue weighted by Crippen LogP contribution is -2.37. The highest BCUT2D eigenvalue weighted by Crippen LogP contribution is 2.36. The van der Waals surface area contributed by atoms with Crippen LogP contribution in [0.5, 0.6) is 0 Å². The summed E-state index contributed by atoms with van der Waals surface area (Å²) in [5.41, 5.74) is 0.840. The van der Waals surface area contributed by atoms with Gasteiger partial charge in [-0.2, -0.15) is 0 Å². The monoisotopic (exact) mass is 317 g/mol. The number of hydrogen-bond acceptors (Lipinski definition) is 4. The molecule has 2 amide bonds. The highest BCUT2D eigenvalue weighted by Gasteiger charge is 2.41. The van der Waals surface area contributed by atoms with Gasteiger partial charge in [-0.3, -0.25) is 9.59 Å². The number of rotatable bonds is 4. The van der Waals surface area contributed by atoms with E-state index in [-0.39, 0.29) is 23.8 Å². The van der Waals surface area contributed by atoms with Gasteiger partial charge in [0.2, 0.25) is 11.8 Å². The van der Waals surface area contributed by atoms with Gasteiger partial charge < -0.3 is 14.3 Å². The number of aromatic nitrogens is 1. The molecule has 6 nitrogen and oxygen atoms in total. The number of carbonyl (C=O) groups is 2. The molecule has 0 N–H and O–H groups in total. The highest BCUT2D eigenvalue weighted by molar-refractivity contribution is 5.89. The second kappa shape index (κ2) is 5.65. The van der Waals surface area contributed by atoms with Gasteiger partial charge in [0, 0.05) is 32.1 Å². The molecule has 4 rings (SSSR count). The van der Waals surface area contributed by atoms with Crippen molar-refractivity contribution in [1.29, 1.82) is 0 Å². The lowest BCUT2D eigenvalue weighted by molar-refractivity contribution is -0.136. The van der Waals surface area contributed by atoms with E-state index in [0.29, 0.717) is 18.9 Å². The van der Waals surface area contributed by atoms with E-state index < -0.39 is 0 Å². The number of carbonyl (C=O) groups excluding carboxylic acids is 2. The Morgan fingerprint density at radius 2 is 2.22 bits per heavy atom. The molecular weight excluding hydrogens is 294 g/mol. The Balaban J connectivity index is 1.44. The predicted molar refractivity (Wildman–Crippen MR) is 82.3 cm³/mol. The summed E-state index contributed by atoms with van der Waals surface area (Å²) < 4.78 is 5.16. The molecule has 0 bridgehead atoms. The van der Waals surface area contributed by atoms with Crippen molar-refractivity contribution in [3.8, 4) is 0 Å². The smallest absolute Gasteiger partial charge is 0.228 e. The van der Waals surface area contributed by atoms with Gasteiger partial charge in [0.1, 0.15) is 11.5 Å². The Labute approximate surface area is 135 Å². The Morgan fingerprint density at radius 1 is 1.39 bits per heavy atom. The van der Waals surface area contributed by atoms with E-state index in [2.05, 4.69) is 5.16 Å². The maximum absolute atomic E-state index is 12.9. The fourth-order valence-corrected chi connectivity index (χ4v) is 3.84. The number of hydrogen-bond donors (Lipinski definition) is 0. The topological polar surface area (TPSA) is 66.7 Å². The van der Waals surface area contributed by atoms with Crippen LogP contribution in [-0.4, -0.2) is 46.4 Å². The van der Waals surface area contributed by atoms with E-state index in [1.54, 1.807) is 0 Å². The van der Waals surface area contributed by atoms with Gasteiger partial charge >= 0.3 is 0 Å². The van der Waals surface area contributed by atoms with Gasteiger partial charge in [0.25, 0.3) is 0 Å². The number of aryl methyl sites for hydroxylation is 1. The summed E-state index contributed by atoms with van der Waals surface area (Å²) in [7, 11) is 0. The number of amides is 2. The average Bonchev–Trinajstić information content (AvgIpc) is 2.91. The van der Waals surface area contributed by atoms with Crippen LogP contribution in [0.2, 0.25) is 0 Å². The first-order valence-electron chi connectivity index (χ1n) is 8.63. The van der Waals surface area contributed by atoms with Crippen LogP contribution in [0.15, 0.2) is 10.6 Å². The van der Waals surface area contributed by atoms with Crippen molar-refractivity contribution in [2.75, 3.05) is 19.6 Å². The Bertz CT molecular complexity index is 622. The molecule has 23 heavy (non-hydrogen) atoms. The first kappa shape index (κ1) is 14.7. The zero-order valence-corrected chi connectivity index (χ0v) is 13.5. The molecular formula is C17H23N3O3. The minimum atomic E-state index is -0.185. The predicted octanol–water partition coefficient (Wildman–Crippen LogP) is 1.91. The summed E-state index contributed by atoms with van der Waals surface area (Å²) in [6, 6.07) is 1.92. The summed E-state index contributed by atoms with van der Waals surface area (Å²) in [5.74, 6) is 1.51. The van der Waals surface area contributed by atoms with Gasteiger partial charge in [-0.1, -0.05) is 5.16 Å². The molecule has 1 aliphatic carbocycles. The second-order valence-electron chi connectivity index (χ2n) is 7.20. The zero-order valence-electron chi connectivity index (χ0n) is 13.5. The average molecular weight is 317 g/mol. The van der Waals surface area contributed by atoms with Crippen molar-refractivity contribution in [3.63, 3.8) is 0 Å². The van der Waals surface area contributed by atoms with Crippen LogP contribution in [0.4, 0.5) is 0 Å². The van der Waals surface area contributed by atoms with Crippen LogP contribution in [0.25, 0.3) is 0 Å². The SMILES string of the molecule is Cc1cc(C2CCCN2C(=O)C2CC(=O)N(CC3CC3)C2)no1. The van der Waals surface area contributed by atoms with Crippen molar-refractivity contribution in [2.45, 2.75) is 45.1 Å². The molecule has 3 aliphatic rings. The van der Waals surface area contributed by atoms with Gasteiger partial charge in [0.15, 0.2) is 0 Å². The first-order valence-corrected chi connectivity index (χ1v) is 8.63. The van der Waals surface area contributed by atoms with E-state index in [4.69, 9.17) is 4.52 Å². The lowest BCUT2D eigenvalue weighted by Gasteiger charge is -2.26. The van der Waals surface area contributed by atoms with Gasteiger partial charge in [-0.05, 0) is 38.5 Å². The fraction of sp³-hybridized carbons (Fsp3) is 0.706. The van der Waals surface area contributed by atoms with Crippen LogP contribution in [0.3, 0.4) is 0 Å². The molecule has 2 aliphatic heterocycles. The molecule has 3 fully saturated rings. The summed E-state index contributed by atoms with van der Waals surface area (Å²) >= 11 is 0. The minimum Gasteiger partial charge on any atom is -0.361 e. The molecule has 0 spiro atoms. The fourth-order valence-electron chi connectivity index (χ4n) is 3.84. The molecule has 3 heterocycles. The number of likely N-dealkylation sites (tertiary alicyclic amines) is 2. The van der Waals surface area contributed by atoms with Crippen molar-refractivity contribution >= 4 is 11.8 Å². The summed E-state index contributed by atoms with van der Waals surface area (Å²) in [5, 5.41) is 4.09. The Kier molecular flexibility index (Phi) is 3.62. The zero-order chi connectivity index (χ0) is 16.0. The molecule has 0 radical (unpaired) electrons. The van der Waals surface area contributed by atoms with E-state index in [9.17, 15) is 9.59 Å². The first-order chi connectivity index (χ1) is 11.1. The maximum Gasteiger partial charge on any atom is 0.228 e. The Morgan fingerprint density at radius 3 is 2.91 bits per heavy atom. The summed E-state index contributed by atoms with van der Waals surface area (Å²) in [6.45, 7) is 4.05. The third kappa shape index (κ3) is 2.86. The van der Waals surface area contributed by atoms with Crippen LogP contribution >= 0.6 is 0 Å². The summed E-state index contributed by atoms with van der Waals surface area (Å²) in [6.07, 6.45) is 4.72. The van der Waals surface area contributed by atoms with Crippen LogP contribution in [-0.2, 0) is 9.59 Å². The molecule has 1 aromatic heterocycles.